The van der Waals surface area contributed by atoms with Crippen molar-refractivity contribution in [1.29, 1.82) is 0 Å². The first kappa shape index (κ1) is 18.2. The number of nitrogens with zero attached hydrogens (tertiary/aromatic N) is 1. The molecule has 0 saturated heterocycles. The van der Waals surface area contributed by atoms with Gasteiger partial charge in [0.05, 0.1) is 17.5 Å². The number of amides is 2. The summed E-state index contributed by atoms with van der Waals surface area (Å²) in [6, 6.07) is 3.31. The molecule has 7 heteroatoms. The zero-order valence-electron chi connectivity index (χ0n) is 14.0. The lowest BCUT2D eigenvalue weighted by molar-refractivity contribution is 0.0956. The first-order chi connectivity index (χ1) is 11.7. The monoisotopic (exact) mass is 349 g/mol. The van der Waals surface area contributed by atoms with Crippen LogP contribution >= 0.6 is 11.3 Å². The van der Waals surface area contributed by atoms with E-state index in [2.05, 4.69) is 29.4 Å². The number of carbonyl (C=O) groups is 2. The lowest BCUT2D eigenvalue weighted by atomic mass is 10.3. The number of rotatable bonds is 9. The molecule has 0 aromatic carbocycles. The van der Waals surface area contributed by atoms with Gasteiger partial charge in [0.25, 0.3) is 11.8 Å². The zero-order valence-corrected chi connectivity index (χ0v) is 14.8. The molecule has 0 atom stereocenters. The molecule has 130 valence electrons. The number of hydrogen-bond acceptors (Lipinski definition) is 5. The highest BCUT2D eigenvalue weighted by molar-refractivity contribution is 7.12. The van der Waals surface area contributed by atoms with Crippen LogP contribution in [0.25, 0.3) is 0 Å². The molecule has 0 aliphatic carbocycles. The third-order valence-corrected chi connectivity index (χ3v) is 4.65. The Balaban J connectivity index is 1.85. The zero-order chi connectivity index (χ0) is 17.4. The minimum absolute atomic E-state index is 0.160. The van der Waals surface area contributed by atoms with Gasteiger partial charge in [0.1, 0.15) is 11.1 Å². The van der Waals surface area contributed by atoms with Gasteiger partial charge in [-0.15, -0.1) is 11.3 Å². The third kappa shape index (κ3) is 4.94. The van der Waals surface area contributed by atoms with E-state index < -0.39 is 0 Å². The minimum Gasteiger partial charge on any atom is -0.472 e. The van der Waals surface area contributed by atoms with Crippen LogP contribution in [0.5, 0.6) is 0 Å². The molecule has 2 amide bonds. The van der Waals surface area contributed by atoms with Gasteiger partial charge in [0.15, 0.2) is 0 Å². The Kier molecular flexibility index (Phi) is 7.02. The number of furan rings is 1. The van der Waals surface area contributed by atoms with Crippen LogP contribution in [0.4, 0.5) is 5.69 Å². The molecule has 0 aliphatic heterocycles. The van der Waals surface area contributed by atoms with Crippen molar-refractivity contribution < 1.29 is 14.0 Å². The quantitative estimate of drug-likeness (QED) is 0.682. The highest BCUT2D eigenvalue weighted by Crippen LogP contribution is 2.23. The molecule has 24 heavy (non-hydrogen) atoms. The predicted molar refractivity (Wildman–Crippen MR) is 95.7 cm³/mol. The third-order valence-electron chi connectivity index (χ3n) is 3.73. The van der Waals surface area contributed by atoms with Gasteiger partial charge in [-0.05, 0) is 43.6 Å². The summed E-state index contributed by atoms with van der Waals surface area (Å²) >= 11 is 1.31. The SMILES string of the molecule is CCN(CC)CCCNC(=O)c1sccc1NC(=O)c1ccoc1. The van der Waals surface area contributed by atoms with Crippen LogP contribution in [0.15, 0.2) is 34.5 Å². The normalized spacial score (nSPS) is 10.8. The van der Waals surface area contributed by atoms with Crippen molar-refractivity contribution in [3.8, 4) is 0 Å². The molecule has 0 bridgehead atoms. The predicted octanol–water partition coefficient (Wildman–Crippen LogP) is 3.06. The fourth-order valence-electron chi connectivity index (χ4n) is 2.30. The topological polar surface area (TPSA) is 74.6 Å². The maximum absolute atomic E-state index is 12.3. The molecule has 2 aromatic rings. The maximum Gasteiger partial charge on any atom is 0.263 e. The summed E-state index contributed by atoms with van der Waals surface area (Å²) in [6.45, 7) is 7.86. The van der Waals surface area contributed by atoms with E-state index >= 15 is 0 Å². The van der Waals surface area contributed by atoms with Crippen molar-refractivity contribution in [1.82, 2.24) is 10.2 Å². The smallest absolute Gasteiger partial charge is 0.263 e. The van der Waals surface area contributed by atoms with Crippen LogP contribution in [0, 0.1) is 0 Å². The van der Waals surface area contributed by atoms with E-state index in [0.717, 1.165) is 26.1 Å². The van der Waals surface area contributed by atoms with E-state index in [-0.39, 0.29) is 11.8 Å². The molecular weight excluding hydrogens is 326 g/mol. The van der Waals surface area contributed by atoms with Crippen LogP contribution in [0.2, 0.25) is 0 Å². The van der Waals surface area contributed by atoms with Crippen molar-refractivity contribution in [3.05, 3.63) is 40.5 Å². The Hall–Kier alpha value is -2.12. The first-order valence-electron chi connectivity index (χ1n) is 8.07. The van der Waals surface area contributed by atoms with E-state index in [4.69, 9.17) is 4.42 Å². The van der Waals surface area contributed by atoms with Crippen LogP contribution in [-0.2, 0) is 0 Å². The summed E-state index contributed by atoms with van der Waals surface area (Å²) in [6.07, 6.45) is 3.70. The van der Waals surface area contributed by atoms with Crippen molar-refractivity contribution in [2.45, 2.75) is 20.3 Å². The summed E-state index contributed by atoms with van der Waals surface area (Å²) in [5.41, 5.74) is 0.944. The highest BCUT2D eigenvalue weighted by Gasteiger charge is 2.16. The number of thiophene rings is 1. The van der Waals surface area contributed by atoms with Gasteiger partial charge < -0.3 is 20.0 Å². The summed E-state index contributed by atoms with van der Waals surface area (Å²) in [5, 5.41) is 7.44. The Labute approximate surface area is 145 Å². The van der Waals surface area contributed by atoms with Gasteiger partial charge in [-0.25, -0.2) is 0 Å². The molecular formula is C17H23N3O3S. The number of hydrogen-bond donors (Lipinski definition) is 2. The van der Waals surface area contributed by atoms with E-state index in [0.29, 0.717) is 22.7 Å². The van der Waals surface area contributed by atoms with Gasteiger partial charge >= 0.3 is 0 Å². The molecule has 2 rings (SSSR count). The molecule has 2 heterocycles. The molecule has 6 nitrogen and oxygen atoms in total. The second-order valence-electron chi connectivity index (χ2n) is 5.27. The van der Waals surface area contributed by atoms with E-state index in [1.807, 2.05) is 0 Å². The summed E-state index contributed by atoms with van der Waals surface area (Å²) in [7, 11) is 0. The van der Waals surface area contributed by atoms with E-state index in [1.165, 1.54) is 23.9 Å². The molecule has 0 radical (unpaired) electrons. The van der Waals surface area contributed by atoms with Gasteiger partial charge in [0, 0.05) is 6.54 Å². The highest BCUT2D eigenvalue weighted by atomic mass is 32.1. The average Bonchev–Trinajstić information content (AvgIpc) is 3.26. The fourth-order valence-corrected chi connectivity index (χ4v) is 3.06. The van der Waals surface area contributed by atoms with Crippen molar-refractivity contribution in [2.75, 3.05) is 31.5 Å². The Morgan fingerprint density at radius 3 is 2.67 bits per heavy atom. The molecule has 0 aliphatic rings. The van der Waals surface area contributed by atoms with Gasteiger partial charge in [-0.3, -0.25) is 9.59 Å². The molecule has 0 spiro atoms. The molecule has 2 aromatic heterocycles. The van der Waals surface area contributed by atoms with Crippen molar-refractivity contribution >= 4 is 28.8 Å². The molecule has 0 unspecified atom stereocenters. The summed E-state index contributed by atoms with van der Waals surface area (Å²) < 4.78 is 4.89. The standard InChI is InChI=1S/C17H23N3O3S/c1-3-20(4-2)9-5-8-18-17(22)15-14(7-11-24-15)19-16(21)13-6-10-23-12-13/h6-7,10-12H,3-5,8-9H2,1-2H3,(H,18,22)(H,19,21). The van der Waals surface area contributed by atoms with Gasteiger partial charge in [0.2, 0.25) is 0 Å². The lowest BCUT2D eigenvalue weighted by Gasteiger charge is -2.17. The van der Waals surface area contributed by atoms with Crippen LogP contribution in [-0.4, -0.2) is 42.9 Å². The fraction of sp³-hybridized carbons (Fsp3) is 0.412. The first-order valence-corrected chi connectivity index (χ1v) is 8.95. The van der Waals surface area contributed by atoms with Crippen LogP contribution in [0.1, 0.15) is 40.3 Å². The van der Waals surface area contributed by atoms with Gasteiger partial charge in [-0.1, -0.05) is 13.8 Å². The van der Waals surface area contributed by atoms with E-state index in [1.54, 1.807) is 17.5 Å². The molecule has 0 fully saturated rings. The lowest BCUT2D eigenvalue weighted by Crippen LogP contribution is -2.30. The Bertz CT molecular complexity index is 648. The summed E-state index contributed by atoms with van der Waals surface area (Å²) in [4.78, 5) is 27.2. The Morgan fingerprint density at radius 1 is 1.21 bits per heavy atom. The number of carbonyl (C=O) groups excluding carboxylic acids is 2. The summed E-state index contributed by atoms with van der Waals surface area (Å²) in [5.74, 6) is -0.454. The number of nitrogens with one attached hydrogen (secondary N) is 2. The van der Waals surface area contributed by atoms with Crippen LogP contribution in [0.3, 0.4) is 0 Å². The molecule has 0 saturated carbocycles. The van der Waals surface area contributed by atoms with Crippen LogP contribution < -0.4 is 10.6 Å². The van der Waals surface area contributed by atoms with Crippen molar-refractivity contribution in [3.63, 3.8) is 0 Å². The second kappa shape index (κ2) is 9.24. The minimum atomic E-state index is -0.294. The molecule has 2 N–H and O–H groups in total. The van der Waals surface area contributed by atoms with Gasteiger partial charge in [-0.2, -0.15) is 0 Å². The van der Waals surface area contributed by atoms with Crippen molar-refractivity contribution in [2.24, 2.45) is 0 Å². The Morgan fingerprint density at radius 2 is 2.00 bits per heavy atom. The maximum atomic E-state index is 12.3. The second-order valence-corrected chi connectivity index (χ2v) is 6.18. The number of anilines is 1. The largest absolute Gasteiger partial charge is 0.472 e. The average molecular weight is 349 g/mol. The van der Waals surface area contributed by atoms with E-state index in [9.17, 15) is 9.59 Å².